The summed E-state index contributed by atoms with van der Waals surface area (Å²) >= 11 is 0. The van der Waals surface area contributed by atoms with Crippen molar-refractivity contribution >= 4 is 11.6 Å². The number of nitrogens with one attached hydrogen (secondary N) is 1. The Balaban J connectivity index is 3.07. The van der Waals surface area contributed by atoms with Crippen LogP contribution in [-0.2, 0) is 11.3 Å². The Morgan fingerprint density at radius 2 is 2.11 bits per heavy atom. The lowest BCUT2D eigenvalue weighted by Crippen LogP contribution is -2.32. The molecule has 0 unspecified atom stereocenters. The SMILES string of the molecule is CCCN(c1cc(NC)nc(COC)n1)C(C)C. The van der Waals surface area contributed by atoms with Gasteiger partial charge in [0.15, 0.2) is 5.82 Å². The zero-order valence-electron chi connectivity index (χ0n) is 12.0. The number of rotatable bonds is 7. The number of hydrogen-bond acceptors (Lipinski definition) is 5. The van der Waals surface area contributed by atoms with Crippen LogP contribution in [0.5, 0.6) is 0 Å². The van der Waals surface area contributed by atoms with Crippen LogP contribution in [0.15, 0.2) is 6.07 Å². The molecule has 1 aromatic heterocycles. The third kappa shape index (κ3) is 3.84. The average Bonchev–Trinajstić information content (AvgIpc) is 2.35. The molecule has 0 saturated heterocycles. The highest BCUT2D eigenvalue weighted by atomic mass is 16.5. The molecule has 0 amide bonds. The molecule has 0 radical (unpaired) electrons. The number of hydrogen-bond donors (Lipinski definition) is 1. The molecule has 18 heavy (non-hydrogen) atoms. The molecule has 0 aliphatic carbocycles. The Morgan fingerprint density at radius 3 is 2.61 bits per heavy atom. The largest absolute Gasteiger partial charge is 0.377 e. The first-order valence-electron chi connectivity index (χ1n) is 6.43. The summed E-state index contributed by atoms with van der Waals surface area (Å²) in [4.78, 5) is 11.2. The summed E-state index contributed by atoms with van der Waals surface area (Å²) in [5.74, 6) is 2.49. The molecule has 0 saturated carbocycles. The predicted octanol–water partition coefficient (Wildman–Crippen LogP) is 2.29. The summed E-state index contributed by atoms with van der Waals surface area (Å²) in [5, 5.41) is 3.07. The van der Waals surface area contributed by atoms with Crippen molar-refractivity contribution in [1.29, 1.82) is 0 Å². The van der Waals surface area contributed by atoms with Crippen LogP contribution in [0.2, 0.25) is 0 Å². The number of ether oxygens (including phenoxy) is 1. The summed E-state index contributed by atoms with van der Waals surface area (Å²) in [5.41, 5.74) is 0. The maximum absolute atomic E-state index is 5.11. The number of anilines is 2. The third-order valence-corrected chi connectivity index (χ3v) is 2.67. The Morgan fingerprint density at radius 1 is 1.39 bits per heavy atom. The fraction of sp³-hybridized carbons (Fsp3) is 0.692. The van der Waals surface area contributed by atoms with Gasteiger partial charge in [0.05, 0.1) is 0 Å². The molecule has 0 aliphatic rings. The topological polar surface area (TPSA) is 50.3 Å². The van der Waals surface area contributed by atoms with E-state index < -0.39 is 0 Å². The molecule has 5 heteroatoms. The monoisotopic (exact) mass is 252 g/mol. The molecular weight excluding hydrogens is 228 g/mol. The second-order valence-corrected chi connectivity index (χ2v) is 4.50. The number of methoxy groups -OCH3 is 1. The minimum absolute atomic E-state index is 0.417. The highest BCUT2D eigenvalue weighted by molar-refractivity contribution is 5.49. The van der Waals surface area contributed by atoms with E-state index in [1.54, 1.807) is 7.11 Å². The van der Waals surface area contributed by atoms with Gasteiger partial charge in [-0.2, -0.15) is 0 Å². The van der Waals surface area contributed by atoms with E-state index >= 15 is 0 Å². The highest BCUT2D eigenvalue weighted by Gasteiger charge is 2.13. The lowest BCUT2D eigenvalue weighted by molar-refractivity contribution is 0.178. The average molecular weight is 252 g/mol. The highest BCUT2D eigenvalue weighted by Crippen LogP contribution is 2.18. The molecule has 1 heterocycles. The van der Waals surface area contributed by atoms with Gasteiger partial charge in [-0.15, -0.1) is 0 Å². The molecule has 5 nitrogen and oxygen atoms in total. The van der Waals surface area contributed by atoms with E-state index in [1.807, 2.05) is 13.1 Å². The first-order chi connectivity index (χ1) is 8.62. The van der Waals surface area contributed by atoms with E-state index in [-0.39, 0.29) is 0 Å². The maximum Gasteiger partial charge on any atom is 0.158 e. The summed E-state index contributed by atoms with van der Waals surface area (Å²) in [7, 11) is 3.52. The minimum Gasteiger partial charge on any atom is -0.377 e. The normalized spacial score (nSPS) is 10.8. The molecular formula is C13H24N4O. The van der Waals surface area contributed by atoms with Crippen LogP contribution in [0.25, 0.3) is 0 Å². The Kier molecular flexibility index (Phi) is 5.85. The van der Waals surface area contributed by atoms with Crippen LogP contribution in [0.3, 0.4) is 0 Å². The van der Waals surface area contributed by atoms with Gasteiger partial charge < -0.3 is 15.0 Å². The van der Waals surface area contributed by atoms with Crippen LogP contribution in [0.1, 0.15) is 33.0 Å². The third-order valence-electron chi connectivity index (χ3n) is 2.67. The van der Waals surface area contributed by atoms with E-state index in [9.17, 15) is 0 Å². The van der Waals surface area contributed by atoms with Gasteiger partial charge in [-0.3, -0.25) is 0 Å². The van der Waals surface area contributed by atoms with Crippen LogP contribution in [-0.4, -0.2) is 36.7 Å². The Labute approximate surface area is 110 Å². The molecule has 0 aliphatic heterocycles. The molecule has 0 fully saturated rings. The van der Waals surface area contributed by atoms with Crippen molar-refractivity contribution in [2.45, 2.75) is 39.8 Å². The molecule has 0 spiro atoms. The second kappa shape index (κ2) is 7.16. The van der Waals surface area contributed by atoms with Crippen molar-refractivity contribution in [1.82, 2.24) is 9.97 Å². The van der Waals surface area contributed by atoms with Crippen LogP contribution < -0.4 is 10.2 Å². The van der Waals surface area contributed by atoms with Crippen molar-refractivity contribution in [3.05, 3.63) is 11.9 Å². The summed E-state index contributed by atoms with van der Waals surface area (Å²) < 4.78 is 5.11. The molecule has 0 bridgehead atoms. The van der Waals surface area contributed by atoms with Crippen molar-refractivity contribution in [2.24, 2.45) is 0 Å². The van der Waals surface area contributed by atoms with Crippen LogP contribution in [0.4, 0.5) is 11.6 Å². The van der Waals surface area contributed by atoms with Gasteiger partial charge >= 0.3 is 0 Å². The lowest BCUT2D eigenvalue weighted by atomic mass is 10.3. The quantitative estimate of drug-likeness (QED) is 0.807. The first kappa shape index (κ1) is 14.7. The zero-order valence-corrected chi connectivity index (χ0v) is 12.0. The lowest BCUT2D eigenvalue weighted by Gasteiger charge is -2.28. The molecule has 1 N–H and O–H groups in total. The van der Waals surface area contributed by atoms with Crippen molar-refractivity contribution < 1.29 is 4.74 Å². The van der Waals surface area contributed by atoms with E-state index in [0.717, 1.165) is 24.6 Å². The fourth-order valence-electron chi connectivity index (χ4n) is 1.83. The molecule has 1 rings (SSSR count). The second-order valence-electron chi connectivity index (χ2n) is 4.50. The number of nitrogens with zero attached hydrogens (tertiary/aromatic N) is 3. The number of aromatic nitrogens is 2. The van der Waals surface area contributed by atoms with Crippen LogP contribution >= 0.6 is 0 Å². The van der Waals surface area contributed by atoms with Gasteiger partial charge in [0.25, 0.3) is 0 Å². The Bertz CT molecular complexity index is 368. The van der Waals surface area contributed by atoms with Crippen molar-refractivity contribution in [3.8, 4) is 0 Å². The predicted molar refractivity (Wildman–Crippen MR) is 75.1 cm³/mol. The molecule has 1 aromatic rings. The van der Waals surface area contributed by atoms with E-state index in [4.69, 9.17) is 4.74 Å². The van der Waals surface area contributed by atoms with Gasteiger partial charge in [-0.1, -0.05) is 6.92 Å². The van der Waals surface area contributed by atoms with E-state index in [1.165, 1.54) is 0 Å². The molecule has 102 valence electrons. The summed E-state index contributed by atoms with van der Waals surface area (Å²) in [6, 6.07) is 2.40. The van der Waals surface area contributed by atoms with Gasteiger partial charge in [0.1, 0.15) is 18.2 Å². The van der Waals surface area contributed by atoms with Crippen molar-refractivity contribution in [2.75, 3.05) is 30.9 Å². The summed E-state index contributed by atoms with van der Waals surface area (Å²) in [6.45, 7) is 7.94. The first-order valence-corrected chi connectivity index (χ1v) is 6.43. The van der Waals surface area contributed by atoms with Gasteiger partial charge in [0, 0.05) is 32.8 Å². The van der Waals surface area contributed by atoms with E-state index in [2.05, 4.69) is 41.0 Å². The minimum atomic E-state index is 0.417. The summed E-state index contributed by atoms with van der Waals surface area (Å²) in [6.07, 6.45) is 1.09. The van der Waals surface area contributed by atoms with Gasteiger partial charge in [0.2, 0.25) is 0 Å². The maximum atomic E-state index is 5.11. The van der Waals surface area contributed by atoms with Crippen molar-refractivity contribution in [3.63, 3.8) is 0 Å². The van der Waals surface area contributed by atoms with Gasteiger partial charge in [-0.25, -0.2) is 9.97 Å². The molecule has 0 aromatic carbocycles. The smallest absolute Gasteiger partial charge is 0.158 e. The van der Waals surface area contributed by atoms with E-state index in [0.29, 0.717) is 18.5 Å². The fourth-order valence-corrected chi connectivity index (χ4v) is 1.83. The molecule has 0 atom stereocenters. The van der Waals surface area contributed by atoms with Gasteiger partial charge in [-0.05, 0) is 20.3 Å². The standard InChI is InChI=1S/C13H24N4O/c1-6-7-17(10(2)3)13-8-11(14-4)15-12(16-13)9-18-5/h8,10H,6-7,9H2,1-5H3,(H,14,15,16). The zero-order chi connectivity index (χ0) is 13.5. The Hall–Kier alpha value is -1.36. The van der Waals surface area contributed by atoms with Crippen LogP contribution in [0, 0.1) is 0 Å².